The lowest BCUT2D eigenvalue weighted by molar-refractivity contribution is 0.0173. The number of carbonyl (C=O) groups is 1. The summed E-state index contributed by atoms with van der Waals surface area (Å²) in [6.07, 6.45) is 0.502. The molecule has 1 aromatic carbocycles. The summed E-state index contributed by atoms with van der Waals surface area (Å²) in [5.41, 5.74) is -0.583. The number of sulfonamides is 1. The molecule has 0 aromatic heterocycles. The van der Waals surface area contributed by atoms with Crippen LogP contribution in [0.3, 0.4) is 0 Å². The quantitative estimate of drug-likeness (QED) is 0.864. The first-order valence-corrected chi connectivity index (χ1v) is 9.03. The minimum Gasteiger partial charge on any atom is -0.493 e. The number of hydrogen-bond donors (Lipinski definition) is 1. The summed E-state index contributed by atoms with van der Waals surface area (Å²) in [7, 11) is -0.691. The van der Waals surface area contributed by atoms with Crippen molar-refractivity contribution in [1.29, 1.82) is 0 Å². The van der Waals surface area contributed by atoms with Crippen molar-refractivity contribution in [2.75, 3.05) is 33.9 Å². The molecule has 2 fully saturated rings. The standard InChI is InChI=1S/C15H20N2O6S/c1-21-12-4-3-11(9-13(12)22-2)24(19,20)17-7-5-15(6-8-17)10-16-14(18)23-15/h3-4,9H,5-8,10H2,1-2H3,(H,16,18). The van der Waals surface area contributed by atoms with E-state index in [2.05, 4.69) is 5.32 Å². The summed E-state index contributed by atoms with van der Waals surface area (Å²) in [4.78, 5) is 11.4. The number of benzene rings is 1. The molecule has 24 heavy (non-hydrogen) atoms. The third-order valence-corrected chi connectivity index (χ3v) is 6.39. The van der Waals surface area contributed by atoms with Gasteiger partial charge in [-0.2, -0.15) is 4.31 Å². The monoisotopic (exact) mass is 356 g/mol. The zero-order valence-corrected chi connectivity index (χ0v) is 14.4. The maximum Gasteiger partial charge on any atom is 0.407 e. The number of piperidine rings is 1. The Morgan fingerprint density at radius 2 is 1.83 bits per heavy atom. The molecule has 0 saturated carbocycles. The van der Waals surface area contributed by atoms with Crippen LogP contribution in [0.2, 0.25) is 0 Å². The lowest BCUT2D eigenvalue weighted by Crippen LogP contribution is -2.48. The second-order valence-corrected chi connectivity index (χ2v) is 7.78. The molecule has 1 aromatic rings. The highest BCUT2D eigenvalue weighted by Gasteiger charge is 2.45. The van der Waals surface area contributed by atoms with Crippen molar-refractivity contribution in [3.8, 4) is 11.5 Å². The summed E-state index contributed by atoms with van der Waals surface area (Å²) in [5, 5.41) is 2.63. The SMILES string of the molecule is COc1ccc(S(=O)(=O)N2CCC3(CC2)CNC(=O)O3)cc1OC. The van der Waals surface area contributed by atoms with Crippen LogP contribution in [0.1, 0.15) is 12.8 Å². The Balaban J connectivity index is 1.78. The van der Waals surface area contributed by atoms with E-state index in [1.807, 2.05) is 0 Å². The van der Waals surface area contributed by atoms with Crippen LogP contribution in [-0.4, -0.2) is 58.3 Å². The van der Waals surface area contributed by atoms with Gasteiger partial charge in [-0.15, -0.1) is 0 Å². The number of nitrogens with one attached hydrogen (secondary N) is 1. The molecule has 1 amide bonds. The lowest BCUT2D eigenvalue weighted by atomic mass is 9.93. The maximum absolute atomic E-state index is 12.8. The minimum atomic E-state index is -3.64. The fraction of sp³-hybridized carbons (Fsp3) is 0.533. The van der Waals surface area contributed by atoms with E-state index in [-0.39, 0.29) is 4.90 Å². The van der Waals surface area contributed by atoms with Crippen molar-refractivity contribution in [3.63, 3.8) is 0 Å². The fourth-order valence-electron chi connectivity index (χ4n) is 3.04. The van der Waals surface area contributed by atoms with Gasteiger partial charge in [0.25, 0.3) is 0 Å². The highest BCUT2D eigenvalue weighted by Crippen LogP contribution is 2.34. The largest absolute Gasteiger partial charge is 0.493 e. The molecule has 2 saturated heterocycles. The van der Waals surface area contributed by atoms with Crippen LogP contribution in [0.25, 0.3) is 0 Å². The average molecular weight is 356 g/mol. The minimum absolute atomic E-state index is 0.151. The number of alkyl carbamates (subject to hydrolysis) is 1. The van der Waals surface area contributed by atoms with E-state index in [9.17, 15) is 13.2 Å². The van der Waals surface area contributed by atoms with Gasteiger partial charge in [-0.1, -0.05) is 0 Å². The topological polar surface area (TPSA) is 94.2 Å². The molecule has 0 atom stereocenters. The van der Waals surface area contributed by atoms with Crippen LogP contribution in [-0.2, 0) is 14.8 Å². The molecule has 0 unspecified atom stereocenters. The molecule has 0 aliphatic carbocycles. The van der Waals surface area contributed by atoms with Crippen LogP contribution in [0.15, 0.2) is 23.1 Å². The summed E-state index contributed by atoms with van der Waals surface area (Å²) < 4.78 is 42.7. The number of amides is 1. The predicted molar refractivity (Wildman–Crippen MR) is 84.8 cm³/mol. The van der Waals surface area contributed by atoms with Gasteiger partial charge in [0.05, 0.1) is 25.7 Å². The van der Waals surface area contributed by atoms with Crippen molar-refractivity contribution in [1.82, 2.24) is 9.62 Å². The van der Waals surface area contributed by atoms with Gasteiger partial charge in [0, 0.05) is 32.0 Å². The van der Waals surface area contributed by atoms with Gasteiger partial charge in [0.1, 0.15) is 5.60 Å². The number of carbonyl (C=O) groups excluding carboxylic acids is 1. The first-order valence-electron chi connectivity index (χ1n) is 7.59. The molecule has 132 valence electrons. The van der Waals surface area contributed by atoms with Crippen LogP contribution >= 0.6 is 0 Å². The predicted octanol–water partition coefficient (Wildman–Crippen LogP) is 0.967. The second kappa shape index (κ2) is 6.14. The van der Waals surface area contributed by atoms with E-state index in [0.717, 1.165) is 0 Å². The normalized spacial score (nSPS) is 20.5. The van der Waals surface area contributed by atoms with Gasteiger partial charge in [-0.3, -0.25) is 0 Å². The Morgan fingerprint density at radius 1 is 1.17 bits per heavy atom. The van der Waals surface area contributed by atoms with Crippen molar-refractivity contribution < 1.29 is 27.4 Å². The molecule has 1 spiro atoms. The van der Waals surface area contributed by atoms with E-state index < -0.39 is 21.7 Å². The molecule has 0 bridgehead atoms. The van der Waals surface area contributed by atoms with Crippen molar-refractivity contribution in [2.45, 2.75) is 23.3 Å². The van der Waals surface area contributed by atoms with Gasteiger partial charge in [-0.05, 0) is 12.1 Å². The van der Waals surface area contributed by atoms with Crippen LogP contribution in [0.4, 0.5) is 4.79 Å². The van der Waals surface area contributed by atoms with Gasteiger partial charge in [0.2, 0.25) is 10.0 Å². The Morgan fingerprint density at radius 3 is 2.38 bits per heavy atom. The summed E-state index contributed by atoms with van der Waals surface area (Å²) in [6.45, 7) is 1.02. The second-order valence-electron chi connectivity index (χ2n) is 5.85. The zero-order chi connectivity index (χ0) is 17.4. The Hall–Kier alpha value is -2.00. The molecule has 8 nitrogen and oxygen atoms in total. The number of rotatable bonds is 4. The number of hydrogen-bond acceptors (Lipinski definition) is 6. The van der Waals surface area contributed by atoms with Gasteiger partial charge in [-0.25, -0.2) is 13.2 Å². The number of ether oxygens (including phenoxy) is 3. The molecule has 3 rings (SSSR count). The van der Waals surface area contributed by atoms with Gasteiger partial charge >= 0.3 is 6.09 Å². The van der Waals surface area contributed by atoms with Crippen molar-refractivity contribution in [3.05, 3.63) is 18.2 Å². The number of nitrogens with zero attached hydrogens (tertiary/aromatic N) is 1. The van der Waals surface area contributed by atoms with Gasteiger partial charge in [0.15, 0.2) is 11.5 Å². The summed E-state index contributed by atoms with van der Waals surface area (Å²) in [6, 6.07) is 4.52. The summed E-state index contributed by atoms with van der Waals surface area (Å²) in [5.74, 6) is 0.832. The highest BCUT2D eigenvalue weighted by atomic mass is 32.2. The van der Waals surface area contributed by atoms with Crippen molar-refractivity contribution in [2.24, 2.45) is 0 Å². The molecule has 2 aliphatic heterocycles. The Labute approximate surface area is 140 Å². The van der Waals surface area contributed by atoms with Crippen LogP contribution < -0.4 is 14.8 Å². The molecule has 2 aliphatic rings. The molecule has 0 radical (unpaired) electrons. The highest BCUT2D eigenvalue weighted by molar-refractivity contribution is 7.89. The first kappa shape index (κ1) is 16.8. The zero-order valence-electron chi connectivity index (χ0n) is 13.6. The van der Waals surface area contributed by atoms with E-state index in [1.54, 1.807) is 6.07 Å². The molecule has 1 N–H and O–H groups in total. The summed E-state index contributed by atoms with van der Waals surface area (Å²) >= 11 is 0. The van der Waals surface area contributed by atoms with E-state index in [0.29, 0.717) is 44.0 Å². The number of methoxy groups -OCH3 is 2. The smallest absolute Gasteiger partial charge is 0.407 e. The average Bonchev–Trinajstić information content (AvgIpc) is 2.94. The fourth-order valence-corrected chi connectivity index (χ4v) is 4.50. The molecule has 2 heterocycles. The third-order valence-electron chi connectivity index (χ3n) is 4.49. The molecular formula is C15H20N2O6S. The van der Waals surface area contributed by atoms with Crippen molar-refractivity contribution >= 4 is 16.1 Å². The lowest BCUT2D eigenvalue weighted by Gasteiger charge is -2.36. The van der Waals surface area contributed by atoms with E-state index >= 15 is 0 Å². The molecular weight excluding hydrogens is 336 g/mol. The Bertz CT molecular complexity index is 740. The molecule has 9 heteroatoms. The Kier molecular flexibility index (Phi) is 4.31. The third kappa shape index (κ3) is 2.89. The van der Waals surface area contributed by atoms with Crippen LogP contribution in [0, 0.1) is 0 Å². The van der Waals surface area contributed by atoms with E-state index in [4.69, 9.17) is 14.2 Å². The van der Waals surface area contributed by atoms with E-state index in [1.165, 1.54) is 30.7 Å². The first-order chi connectivity index (χ1) is 11.4. The van der Waals surface area contributed by atoms with Gasteiger partial charge < -0.3 is 19.5 Å². The van der Waals surface area contributed by atoms with Crippen LogP contribution in [0.5, 0.6) is 11.5 Å². The maximum atomic E-state index is 12.8.